The first-order valence-corrected chi connectivity index (χ1v) is 10.3. The van der Waals surface area contributed by atoms with Gasteiger partial charge in [-0.2, -0.15) is 0 Å². The van der Waals surface area contributed by atoms with Crippen molar-refractivity contribution in [3.8, 4) is 11.1 Å². The molecule has 5 heteroatoms. The summed E-state index contributed by atoms with van der Waals surface area (Å²) in [5.74, 6) is -0.959. The minimum Gasteiger partial charge on any atom is -0.479 e. The van der Waals surface area contributed by atoms with Gasteiger partial charge in [0.2, 0.25) is 0 Å². The molecule has 0 aliphatic heterocycles. The van der Waals surface area contributed by atoms with Gasteiger partial charge in [-0.1, -0.05) is 78.0 Å². The molecule has 1 atom stereocenters. The molecular formula is C26H27NO4. The summed E-state index contributed by atoms with van der Waals surface area (Å²) in [5.41, 5.74) is 5.87. The van der Waals surface area contributed by atoms with E-state index in [1.165, 1.54) is 5.56 Å². The van der Waals surface area contributed by atoms with Crippen molar-refractivity contribution in [2.45, 2.75) is 33.0 Å². The molecule has 0 fully saturated rings. The van der Waals surface area contributed by atoms with Crippen LogP contribution in [0, 0.1) is 0 Å². The molecule has 0 heterocycles. The van der Waals surface area contributed by atoms with Crippen molar-refractivity contribution in [1.29, 1.82) is 0 Å². The number of hydrogen-bond donors (Lipinski definition) is 1. The third-order valence-electron chi connectivity index (χ3n) is 4.90. The third kappa shape index (κ3) is 6.52. The number of ether oxygens (including phenoxy) is 1. The molecule has 1 unspecified atom stereocenters. The van der Waals surface area contributed by atoms with Crippen LogP contribution in [0.2, 0.25) is 0 Å². The maximum Gasteiger partial charge on any atom is 0.333 e. The van der Waals surface area contributed by atoms with Gasteiger partial charge < -0.3 is 14.7 Å². The van der Waals surface area contributed by atoms with Crippen molar-refractivity contribution in [2.24, 2.45) is 5.16 Å². The van der Waals surface area contributed by atoms with Gasteiger partial charge in [-0.3, -0.25) is 0 Å². The fourth-order valence-corrected chi connectivity index (χ4v) is 3.24. The molecule has 0 spiro atoms. The molecule has 0 saturated heterocycles. The number of carboxylic acid groups (broad SMARTS) is 1. The van der Waals surface area contributed by atoms with E-state index in [0.29, 0.717) is 19.6 Å². The van der Waals surface area contributed by atoms with E-state index < -0.39 is 12.1 Å². The lowest BCUT2D eigenvalue weighted by molar-refractivity contribution is -0.149. The highest BCUT2D eigenvalue weighted by Crippen LogP contribution is 2.19. The molecule has 0 radical (unpaired) electrons. The van der Waals surface area contributed by atoms with Crippen LogP contribution in [-0.4, -0.2) is 29.5 Å². The number of benzene rings is 3. The number of carbonyl (C=O) groups is 1. The van der Waals surface area contributed by atoms with E-state index in [1.54, 1.807) is 6.92 Å². The lowest BCUT2D eigenvalue weighted by Crippen LogP contribution is -2.26. The van der Waals surface area contributed by atoms with Crippen LogP contribution < -0.4 is 0 Å². The maximum atomic E-state index is 11.3. The SMILES string of the molecule is CCOC(Cc1cccc(/C(C)=N/OCc2ccc(-c3ccccc3)cc2)c1)C(=O)O. The molecule has 0 aliphatic rings. The summed E-state index contributed by atoms with van der Waals surface area (Å²) in [6.07, 6.45) is -0.550. The molecule has 0 saturated carbocycles. The van der Waals surface area contributed by atoms with Gasteiger partial charge in [-0.15, -0.1) is 0 Å². The lowest BCUT2D eigenvalue weighted by Gasteiger charge is -2.13. The van der Waals surface area contributed by atoms with Crippen molar-refractivity contribution < 1.29 is 19.5 Å². The Morgan fingerprint density at radius 1 is 0.935 bits per heavy atom. The highest BCUT2D eigenvalue weighted by molar-refractivity contribution is 5.98. The van der Waals surface area contributed by atoms with E-state index >= 15 is 0 Å². The smallest absolute Gasteiger partial charge is 0.333 e. The highest BCUT2D eigenvalue weighted by atomic mass is 16.6. The van der Waals surface area contributed by atoms with Crippen molar-refractivity contribution in [2.75, 3.05) is 6.61 Å². The number of carboxylic acids is 1. The monoisotopic (exact) mass is 417 g/mol. The van der Waals surface area contributed by atoms with Gasteiger partial charge in [0.25, 0.3) is 0 Å². The maximum absolute atomic E-state index is 11.3. The summed E-state index contributed by atoms with van der Waals surface area (Å²) < 4.78 is 5.30. The lowest BCUT2D eigenvalue weighted by atomic mass is 10.0. The molecule has 160 valence electrons. The molecule has 3 aromatic carbocycles. The minimum absolute atomic E-state index is 0.304. The van der Waals surface area contributed by atoms with Gasteiger partial charge in [0.05, 0.1) is 5.71 Å². The number of aliphatic carboxylic acids is 1. The molecule has 5 nitrogen and oxygen atoms in total. The van der Waals surface area contributed by atoms with Crippen molar-refractivity contribution >= 4 is 11.7 Å². The molecule has 1 N–H and O–H groups in total. The van der Waals surface area contributed by atoms with Crippen LogP contribution in [-0.2, 0) is 27.4 Å². The fraction of sp³-hybridized carbons (Fsp3) is 0.231. The normalized spacial score (nSPS) is 12.4. The van der Waals surface area contributed by atoms with E-state index in [9.17, 15) is 9.90 Å². The number of hydrogen-bond acceptors (Lipinski definition) is 4. The Morgan fingerprint density at radius 3 is 2.32 bits per heavy atom. The standard InChI is InChI=1S/C26H27NO4/c1-3-30-25(26(28)29)17-21-8-7-11-24(16-21)19(2)27-31-18-20-12-14-23(15-13-20)22-9-5-4-6-10-22/h4-16,25H,3,17-18H2,1-2H3,(H,28,29)/b27-19+. The molecule has 3 aromatic rings. The second kappa shape index (κ2) is 11.1. The average molecular weight is 418 g/mol. The molecule has 0 aromatic heterocycles. The van der Waals surface area contributed by atoms with Crippen LogP contribution in [0.4, 0.5) is 0 Å². The number of rotatable bonds is 10. The first-order chi connectivity index (χ1) is 15.1. The van der Waals surface area contributed by atoms with Crippen molar-refractivity contribution in [1.82, 2.24) is 0 Å². The van der Waals surface area contributed by atoms with Gasteiger partial charge in [0.15, 0.2) is 6.10 Å². The molecule has 0 aliphatic carbocycles. The Labute approximate surface area is 182 Å². The summed E-state index contributed by atoms with van der Waals surface area (Å²) in [6.45, 7) is 4.39. The highest BCUT2D eigenvalue weighted by Gasteiger charge is 2.18. The topological polar surface area (TPSA) is 68.1 Å². The van der Waals surface area contributed by atoms with Gasteiger partial charge in [0, 0.05) is 13.0 Å². The van der Waals surface area contributed by atoms with Crippen LogP contribution in [0.25, 0.3) is 11.1 Å². The van der Waals surface area contributed by atoms with Gasteiger partial charge in [-0.25, -0.2) is 4.79 Å². The summed E-state index contributed by atoms with van der Waals surface area (Å²) in [7, 11) is 0. The summed E-state index contributed by atoms with van der Waals surface area (Å²) in [5, 5.41) is 13.5. The van der Waals surface area contributed by atoms with Crippen molar-refractivity contribution in [3.63, 3.8) is 0 Å². The summed E-state index contributed by atoms with van der Waals surface area (Å²) in [4.78, 5) is 16.9. The second-order valence-electron chi connectivity index (χ2n) is 7.20. The zero-order chi connectivity index (χ0) is 22.1. The van der Waals surface area contributed by atoms with Crippen molar-refractivity contribution in [3.05, 3.63) is 95.6 Å². The quantitative estimate of drug-likeness (QED) is 0.358. The summed E-state index contributed by atoms with van der Waals surface area (Å²) in [6, 6.07) is 26.1. The van der Waals surface area contributed by atoms with Crippen LogP contribution in [0.3, 0.4) is 0 Å². The fourth-order valence-electron chi connectivity index (χ4n) is 3.24. The predicted molar refractivity (Wildman–Crippen MR) is 122 cm³/mol. The van der Waals surface area contributed by atoms with Crippen LogP contribution in [0.15, 0.2) is 84.0 Å². The molecular weight excluding hydrogens is 390 g/mol. The number of nitrogens with zero attached hydrogens (tertiary/aromatic N) is 1. The van der Waals surface area contributed by atoms with Crippen LogP contribution >= 0.6 is 0 Å². The largest absolute Gasteiger partial charge is 0.479 e. The van der Waals surface area contributed by atoms with E-state index in [4.69, 9.17) is 9.57 Å². The van der Waals surface area contributed by atoms with E-state index in [-0.39, 0.29) is 0 Å². The first kappa shape index (κ1) is 22.2. The first-order valence-electron chi connectivity index (χ1n) is 10.3. The molecule has 3 rings (SSSR count). The molecule has 31 heavy (non-hydrogen) atoms. The van der Waals surface area contributed by atoms with Crippen LogP contribution in [0.1, 0.15) is 30.5 Å². The Bertz CT molecular complexity index is 1010. The predicted octanol–water partition coefficient (Wildman–Crippen LogP) is 5.33. The molecule has 0 amide bonds. The Morgan fingerprint density at radius 2 is 1.65 bits per heavy atom. The summed E-state index contributed by atoms with van der Waals surface area (Å²) >= 11 is 0. The Hall–Kier alpha value is -3.44. The van der Waals surface area contributed by atoms with Gasteiger partial charge >= 0.3 is 5.97 Å². The third-order valence-corrected chi connectivity index (χ3v) is 4.90. The zero-order valence-electron chi connectivity index (χ0n) is 17.8. The van der Waals surface area contributed by atoms with E-state index in [0.717, 1.165) is 28.0 Å². The Kier molecular flexibility index (Phi) is 7.96. The minimum atomic E-state index is -0.959. The Balaban J connectivity index is 1.60. The average Bonchev–Trinajstić information content (AvgIpc) is 2.80. The van der Waals surface area contributed by atoms with Gasteiger partial charge in [0.1, 0.15) is 6.61 Å². The van der Waals surface area contributed by atoms with Gasteiger partial charge in [-0.05, 0) is 47.7 Å². The van der Waals surface area contributed by atoms with E-state index in [1.807, 2.05) is 61.5 Å². The van der Waals surface area contributed by atoms with E-state index in [2.05, 4.69) is 29.4 Å². The molecule has 0 bridgehead atoms. The second-order valence-corrected chi connectivity index (χ2v) is 7.20. The number of oxime groups is 1. The van der Waals surface area contributed by atoms with Crippen LogP contribution in [0.5, 0.6) is 0 Å². The zero-order valence-corrected chi connectivity index (χ0v) is 17.8.